The highest BCUT2D eigenvalue weighted by Gasteiger charge is 2.17. The van der Waals surface area contributed by atoms with Crippen LogP contribution in [0.5, 0.6) is 0 Å². The molecule has 1 aromatic carbocycles. The Morgan fingerprint density at radius 1 is 0.806 bits per heavy atom. The summed E-state index contributed by atoms with van der Waals surface area (Å²) in [4.78, 5) is 31.9. The molecule has 0 bridgehead atoms. The van der Waals surface area contributed by atoms with Crippen LogP contribution in [0.2, 0.25) is 0 Å². The predicted molar refractivity (Wildman–Crippen MR) is 152 cm³/mol. The number of unbranched alkanes of at least 4 members (excludes halogenated alkanes) is 13. The largest absolute Gasteiger partial charge is 0.329 e. The monoisotopic (exact) mass is 512 g/mol. The lowest BCUT2D eigenvalue weighted by atomic mass is 10.0. The zero-order chi connectivity index (χ0) is 25.6. The van der Waals surface area contributed by atoms with E-state index in [9.17, 15) is 9.59 Å². The molecule has 7 heteroatoms. The number of aromatic nitrogens is 4. The summed E-state index contributed by atoms with van der Waals surface area (Å²) >= 11 is 1.62. The molecular weight excluding hydrogens is 468 g/mol. The molecule has 0 atom stereocenters. The Hall–Kier alpha value is -2.28. The van der Waals surface area contributed by atoms with E-state index < -0.39 is 5.69 Å². The molecule has 2 heterocycles. The number of fused-ring (bicyclic) bond motifs is 1. The number of benzene rings is 1. The van der Waals surface area contributed by atoms with Crippen LogP contribution in [-0.4, -0.2) is 19.1 Å². The van der Waals surface area contributed by atoms with Crippen molar-refractivity contribution in [1.82, 2.24) is 19.1 Å². The first-order valence-corrected chi connectivity index (χ1v) is 15.0. The fourth-order valence-corrected chi connectivity index (χ4v) is 5.70. The molecule has 3 aromatic rings. The third-order valence-electron chi connectivity index (χ3n) is 6.92. The van der Waals surface area contributed by atoms with Crippen LogP contribution in [0.4, 0.5) is 0 Å². The summed E-state index contributed by atoms with van der Waals surface area (Å²) in [5, 5.41) is 0.801. The molecule has 2 aromatic heterocycles. The second-order valence-electron chi connectivity index (χ2n) is 9.91. The van der Waals surface area contributed by atoms with Crippen LogP contribution in [0.25, 0.3) is 11.2 Å². The average Bonchev–Trinajstić information content (AvgIpc) is 3.26. The van der Waals surface area contributed by atoms with Gasteiger partial charge in [-0.15, -0.1) is 0 Å². The minimum absolute atomic E-state index is 0.350. The van der Waals surface area contributed by atoms with Gasteiger partial charge in [-0.3, -0.25) is 14.3 Å². The van der Waals surface area contributed by atoms with Gasteiger partial charge < -0.3 is 4.57 Å². The molecule has 6 nitrogen and oxygen atoms in total. The minimum atomic E-state index is -0.423. The summed E-state index contributed by atoms with van der Waals surface area (Å²) in [5.74, 6) is 0.773. The lowest BCUT2D eigenvalue weighted by Gasteiger charge is -2.09. The van der Waals surface area contributed by atoms with Gasteiger partial charge in [0.1, 0.15) is 0 Å². The predicted octanol–water partition coefficient (Wildman–Crippen LogP) is 7.20. The van der Waals surface area contributed by atoms with E-state index in [1.54, 1.807) is 18.8 Å². The first-order valence-electron chi connectivity index (χ1n) is 14.0. The molecule has 3 rings (SSSR count). The molecular formula is C29H44N4O2S. The molecule has 198 valence electrons. The van der Waals surface area contributed by atoms with Crippen LogP contribution in [-0.2, 0) is 19.3 Å². The van der Waals surface area contributed by atoms with Gasteiger partial charge in [-0.25, -0.2) is 9.78 Å². The SMILES string of the molecule is CCCCCCCCCCCCCCCCn1c(SCc2ccccc2)nc2c1c(=O)[nH]c(=O)n2C. The van der Waals surface area contributed by atoms with Crippen LogP contribution in [0.1, 0.15) is 102 Å². The Labute approximate surface area is 219 Å². The van der Waals surface area contributed by atoms with E-state index in [0.717, 1.165) is 30.3 Å². The van der Waals surface area contributed by atoms with Crippen LogP contribution in [0.15, 0.2) is 45.1 Å². The van der Waals surface area contributed by atoms with Gasteiger partial charge in [-0.05, 0) is 12.0 Å². The molecule has 0 unspecified atom stereocenters. The van der Waals surface area contributed by atoms with Crippen LogP contribution >= 0.6 is 11.8 Å². The Bertz CT molecular complexity index is 1150. The summed E-state index contributed by atoms with van der Waals surface area (Å²) < 4.78 is 3.45. The number of aromatic amines is 1. The van der Waals surface area contributed by atoms with Crippen LogP contribution in [0, 0.1) is 0 Å². The van der Waals surface area contributed by atoms with Crippen molar-refractivity contribution in [3.8, 4) is 0 Å². The zero-order valence-corrected chi connectivity index (χ0v) is 23.1. The van der Waals surface area contributed by atoms with Gasteiger partial charge in [0.25, 0.3) is 5.56 Å². The number of aryl methyl sites for hydroxylation is 2. The van der Waals surface area contributed by atoms with Gasteiger partial charge in [-0.2, -0.15) is 0 Å². The van der Waals surface area contributed by atoms with Crippen molar-refractivity contribution < 1.29 is 0 Å². The van der Waals surface area contributed by atoms with Crippen molar-refractivity contribution in [2.75, 3.05) is 0 Å². The van der Waals surface area contributed by atoms with E-state index in [1.165, 1.54) is 87.2 Å². The van der Waals surface area contributed by atoms with Gasteiger partial charge >= 0.3 is 5.69 Å². The Kier molecular flexibility index (Phi) is 12.4. The fourth-order valence-electron chi connectivity index (χ4n) is 4.72. The van der Waals surface area contributed by atoms with Gasteiger partial charge in [0, 0.05) is 19.3 Å². The summed E-state index contributed by atoms with van der Waals surface area (Å²) in [7, 11) is 1.66. The number of imidazole rings is 1. The van der Waals surface area contributed by atoms with E-state index in [-0.39, 0.29) is 5.56 Å². The van der Waals surface area contributed by atoms with Gasteiger partial charge in [0.2, 0.25) is 0 Å². The van der Waals surface area contributed by atoms with Crippen LogP contribution < -0.4 is 11.2 Å². The van der Waals surface area contributed by atoms with Gasteiger partial charge in [-0.1, -0.05) is 132 Å². The van der Waals surface area contributed by atoms with Crippen molar-refractivity contribution in [2.45, 2.75) is 114 Å². The first-order chi connectivity index (χ1) is 17.6. The molecule has 0 radical (unpaired) electrons. The topological polar surface area (TPSA) is 72.7 Å². The maximum absolute atomic E-state index is 12.7. The lowest BCUT2D eigenvalue weighted by molar-refractivity contribution is 0.519. The maximum Gasteiger partial charge on any atom is 0.329 e. The molecule has 0 aliphatic rings. The number of thioether (sulfide) groups is 1. The highest BCUT2D eigenvalue weighted by Crippen LogP contribution is 2.25. The zero-order valence-electron chi connectivity index (χ0n) is 22.3. The second kappa shape index (κ2) is 15.7. The second-order valence-corrected chi connectivity index (χ2v) is 10.8. The smallest absolute Gasteiger partial charge is 0.313 e. The fraction of sp³-hybridized carbons (Fsp3) is 0.621. The molecule has 0 spiro atoms. The number of nitrogens with one attached hydrogen (secondary N) is 1. The van der Waals surface area contributed by atoms with E-state index in [2.05, 4.69) is 24.0 Å². The highest BCUT2D eigenvalue weighted by molar-refractivity contribution is 7.98. The van der Waals surface area contributed by atoms with Crippen molar-refractivity contribution in [1.29, 1.82) is 0 Å². The third kappa shape index (κ3) is 8.68. The Balaban J connectivity index is 1.45. The quantitative estimate of drug-likeness (QED) is 0.144. The van der Waals surface area contributed by atoms with E-state index >= 15 is 0 Å². The maximum atomic E-state index is 12.7. The van der Waals surface area contributed by atoms with Crippen molar-refractivity contribution in [3.05, 3.63) is 56.7 Å². The average molecular weight is 513 g/mol. The molecule has 0 saturated carbocycles. The highest BCUT2D eigenvalue weighted by atomic mass is 32.2. The van der Waals surface area contributed by atoms with Crippen molar-refractivity contribution >= 4 is 22.9 Å². The standard InChI is InChI=1S/C29H44N4O2S/c1-3-4-5-6-7-8-9-10-11-12-13-14-15-19-22-33-25-26(32(2)28(35)31-27(25)34)30-29(33)36-23-24-20-17-16-18-21-24/h16-18,20-21H,3-15,19,22-23H2,1-2H3,(H,31,34,35). The number of hydrogen-bond acceptors (Lipinski definition) is 4. The molecule has 1 N–H and O–H groups in total. The normalized spacial score (nSPS) is 11.5. The summed E-state index contributed by atoms with van der Waals surface area (Å²) in [6.45, 7) is 3.02. The summed E-state index contributed by atoms with van der Waals surface area (Å²) in [5.41, 5.74) is 1.40. The summed E-state index contributed by atoms with van der Waals surface area (Å²) in [6.07, 6.45) is 18.4. The summed E-state index contributed by atoms with van der Waals surface area (Å²) in [6, 6.07) is 10.3. The number of hydrogen-bond donors (Lipinski definition) is 1. The Morgan fingerprint density at radius 3 is 1.94 bits per heavy atom. The number of rotatable bonds is 18. The van der Waals surface area contributed by atoms with Crippen LogP contribution in [0.3, 0.4) is 0 Å². The van der Waals surface area contributed by atoms with Gasteiger partial charge in [0.15, 0.2) is 16.3 Å². The van der Waals surface area contributed by atoms with E-state index in [0.29, 0.717) is 11.2 Å². The molecule has 0 fully saturated rings. The van der Waals surface area contributed by atoms with E-state index in [1.807, 2.05) is 22.8 Å². The lowest BCUT2D eigenvalue weighted by Crippen LogP contribution is -2.29. The minimum Gasteiger partial charge on any atom is -0.313 e. The molecule has 36 heavy (non-hydrogen) atoms. The van der Waals surface area contributed by atoms with Crippen molar-refractivity contribution in [3.63, 3.8) is 0 Å². The van der Waals surface area contributed by atoms with E-state index in [4.69, 9.17) is 4.98 Å². The molecule has 0 saturated heterocycles. The molecule has 0 aliphatic carbocycles. The third-order valence-corrected chi connectivity index (χ3v) is 7.97. The first kappa shape index (κ1) is 28.3. The Morgan fingerprint density at radius 2 is 1.36 bits per heavy atom. The molecule has 0 amide bonds. The number of nitrogens with zero attached hydrogens (tertiary/aromatic N) is 3. The number of H-pyrrole nitrogens is 1. The molecule has 0 aliphatic heterocycles. The van der Waals surface area contributed by atoms with Gasteiger partial charge in [0.05, 0.1) is 0 Å². The van der Waals surface area contributed by atoms with Crippen molar-refractivity contribution in [2.24, 2.45) is 7.05 Å².